The van der Waals surface area contributed by atoms with Crippen molar-refractivity contribution in [2.75, 3.05) is 5.32 Å². The Kier molecular flexibility index (Phi) is 3.75. The molecule has 0 aliphatic heterocycles. The molecule has 0 spiro atoms. The maximum atomic E-state index is 11.8. The van der Waals surface area contributed by atoms with Crippen LogP contribution in [0, 0.1) is 0 Å². The lowest BCUT2D eigenvalue weighted by molar-refractivity contribution is 0.253. The molecule has 0 aliphatic carbocycles. The van der Waals surface area contributed by atoms with E-state index in [-0.39, 0.29) is 6.03 Å². The zero-order valence-corrected chi connectivity index (χ0v) is 11.8. The van der Waals surface area contributed by atoms with E-state index in [1.54, 1.807) is 24.8 Å². The summed E-state index contributed by atoms with van der Waals surface area (Å²) in [6, 6.07) is 5.44. The van der Waals surface area contributed by atoms with Gasteiger partial charge in [-0.1, -0.05) is 29.2 Å². The van der Waals surface area contributed by atoms with Crippen molar-refractivity contribution in [2.45, 2.75) is 9.24 Å². The van der Waals surface area contributed by atoms with Gasteiger partial charge < -0.3 is 0 Å². The second-order valence-corrected chi connectivity index (χ2v) is 6.01. The molecule has 1 amide bonds. The lowest BCUT2D eigenvalue weighted by Gasteiger charge is -2.00. The molecular formula is C12H9N5OS2. The minimum Gasteiger partial charge on any atom is -0.283 e. The molecule has 3 aromatic rings. The molecule has 0 aliphatic rings. The number of amides is 1. The Bertz CT molecular complexity index is 696. The van der Waals surface area contributed by atoms with Crippen molar-refractivity contribution in [1.82, 2.24) is 19.5 Å². The summed E-state index contributed by atoms with van der Waals surface area (Å²) in [5.74, 6) is 0. The van der Waals surface area contributed by atoms with Crippen LogP contribution < -0.4 is 5.32 Å². The average Bonchev–Trinajstić information content (AvgIpc) is 3.11. The SMILES string of the molecule is O=C(Nc1ncc(Sc2ccccn2)s1)n1ccnc1. The van der Waals surface area contributed by atoms with Gasteiger partial charge in [-0.05, 0) is 12.1 Å². The number of anilines is 1. The quantitative estimate of drug-likeness (QED) is 0.805. The monoisotopic (exact) mass is 303 g/mol. The molecule has 3 rings (SSSR count). The van der Waals surface area contributed by atoms with Gasteiger partial charge in [-0.3, -0.25) is 9.88 Å². The first-order valence-electron chi connectivity index (χ1n) is 5.65. The highest BCUT2D eigenvalue weighted by atomic mass is 32.2. The molecule has 0 bridgehead atoms. The van der Waals surface area contributed by atoms with Gasteiger partial charge in [-0.15, -0.1) is 0 Å². The summed E-state index contributed by atoms with van der Waals surface area (Å²) in [5, 5.41) is 4.14. The predicted octanol–water partition coefficient (Wildman–Crippen LogP) is 2.97. The smallest absolute Gasteiger partial charge is 0.283 e. The van der Waals surface area contributed by atoms with Crippen molar-refractivity contribution in [3.63, 3.8) is 0 Å². The van der Waals surface area contributed by atoms with E-state index in [2.05, 4.69) is 20.3 Å². The molecule has 0 fully saturated rings. The molecule has 6 nitrogen and oxygen atoms in total. The van der Waals surface area contributed by atoms with Crippen molar-refractivity contribution < 1.29 is 4.79 Å². The van der Waals surface area contributed by atoms with Crippen LogP contribution in [0.5, 0.6) is 0 Å². The van der Waals surface area contributed by atoms with Gasteiger partial charge in [0, 0.05) is 18.6 Å². The molecule has 0 atom stereocenters. The van der Waals surface area contributed by atoms with E-state index in [4.69, 9.17) is 0 Å². The van der Waals surface area contributed by atoms with Gasteiger partial charge in [0.1, 0.15) is 11.4 Å². The number of rotatable bonds is 3. The minimum absolute atomic E-state index is 0.286. The van der Waals surface area contributed by atoms with Gasteiger partial charge in [-0.25, -0.2) is 19.7 Å². The van der Waals surface area contributed by atoms with Crippen molar-refractivity contribution in [3.8, 4) is 0 Å². The topological polar surface area (TPSA) is 72.7 Å². The molecule has 0 saturated carbocycles. The number of nitrogens with zero attached hydrogens (tertiary/aromatic N) is 4. The van der Waals surface area contributed by atoms with Crippen LogP contribution in [0.3, 0.4) is 0 Å². The maximum Gasteiger partial charge on any atom is 0.333 e. The number of carbonyl (C=O) groups is 1. The Hall–Kier alpha value is -2.19. The fourth-order valence-electron chi connectivity index (χ4n) is 1.41. The molecule has 8 heteroatoms. The fraction of sp³-hybridized carbons (Fsp3) is 0. The van der Waals surface area contributed by atoms with Crippen LogP contribution in [0.2, 0.25) is 0 Å². The van der Waals surface area contributed by atoms with Crippen LogP contribution in [-0.2, 0) is 0 Å². The summed E-state index contributed by atoms with van der Waals surface area (Å²) in [6.07, 6.45) is 8.02. The van der Waals surface area contributed by atoms with Crippen LogP contribution in [0.15, 0.2) is 58.5 Å². The Labute approximate surface area is 122 Å². The van der Waals surface area contributed by atoms with Crippen LogP contribution >= 0.6 is 23.1 Å². The van der Waals surface area contributed by atoms with Crippen molar-refractivity contribution in [3.05, 3.63) is 49.3 Å². The van der Waals surface area contributed by atoms with E-state index in [0.717, 1.165) is 9.24 Å². The summed E-state index contributed by atoms with van der Waals surface area (Å²) in [4.78, 5) is 24.0. The van der Waals surface area contributed by atoms with Gasteiger partial charge in [-0.2, -0.15) is 0 Å². The third-order valence-corrected chi connectivity index (χ3v) is 4.24. The van der Waals surface area contributed by atoms with Gasteiger partial charge in [0.05, 0.1) is 10.4 Å². The number of imidazole rings is 1. The van der Waals surface area contributed by atoms with Crippen LogP contribution in [0.25, 0.3) is 0 Å². The summed E-state index contributed by atoms with van der Waals surface area (Å²) in [5.41, 5.74) is 0. The van der Waals surface area contributed by atoms with Crippen LogP contribution in [0.1, 0.15) is 0 Å². The predicted molar refractivity (Wildman–Crippen MR) is 77.1 cm³/mol. The first-order chi connectivity index (χ1) is 9.81. The van der Waals surface area contributed by atoms with Crippen LogP contribution in [0.4, 0.5) is 9.93 Å². The highest BCUT2D eigenvalue weighted by molar-refractivity contribution is 8.01. The first-order valence-corrected chi connectivity index (χ1v) is 7.28. The standard InChI is InChI=1S/C12H9N5OS2/c18-12(17-6-5-13-8-17)16-11-15-7-10(20-11)19-9-3-1-2-4-14-9/h1-8H,(H,15,16,18). The number of pyridine rings is 1. The average molecular weight is 303 g/mol. The Morgan fingerprint density at radius 1 is 1.30 bits per heavy atom. The molecule has 100 valence electrons. The summed E-state index contributed by atoms with van der Waals surface area (Å²) >= 11 is 2.91. The highest BCUT2D eigenvalue weighted by Gasteiger charge is 2.09. The van der Waals surface area contributed by atoms with Gasteiger partial charge in [0.15, 0.2) is 5.13 Å². The first kappa shape index (κ1) is 12.8. The number of aromatic nitrogens is 4. The van der Waals surface area contributed by atoms with E-state index in [0.29, 0.717) is 5.13 Å². The Balaban J connectivity index is 1.67. The number of hydrogen-bond acceptors (Lipinski definition) is 6. The molecule has 1 N–H and O–H groups in total. The van der Waals surface area contributed by atoms with Crippen molar-refractivity contribution >= 4 is 34.3 Å². The van der Waals surface area contributed by atoms with E-state index in [1.807, 2.05) is 18.2 Å². The molecule has 20 heavy (non-hydrogen) atoms. The van der Waals surface area contributed by atoms with Gasteiger partial charge >= 0.3 is 6.03 Å². The fourth-order valence-corrected chi connectivity index (χ4v) is 3.18. The normalized spacial score (nSPS) is 10.4. The van der Waals surface area contributed by atoms with E-state index in [9.17, 15) is 4.79 Å². The maximum absolute atomic E-state index is 11.8. The van der Waals surface area contributed by atoms with E-state index >= 15 is 0 Å². The molecule has 0 unspecified atom stereocenters. The largest absolute Gasteiger partial charge is 0.333 e. The third kappa shape index (κ3) is 3.03. The molecule has 0 aromatic carbocycles. The number of nitrogens with one attached hydrogen (secondary N) is 1. The zero-order chi connectivity index (χ0) is 13.8. The molecule has 3 aromatic heterocycles. The summed E-state index contributed by atoms with van der Waals surface area (Å²) in [6.45, 7) is 0. The summed E-state index contributed by atoms with van der Waals surface area (Å²) in [7, 11) is 0. The molecular weight excluding hydrogens is 294 g/mol. The minimum atomic E-state index is -0.286. The van der Waals surface area contributed by atoms with Crippen molar-refractivity contribution in [1.29, 1.82) is 0 Å². The lowest BCUT2D eigenvalue weighted by atomic mass is 10.5. The van der Waals surface area contributed by atoms with Gasteiger partial charge in [0.2, 0.25) is 0 Å². The Morgan fingerprint density at radius 3 is 3.00 bits per heavy atom. The van der Waals surface area contributed by atoms with Gasteiger partial charge in [0.25, 0.3) is 0 Å². The lowest BCUT2D eigenvalue weighted by Crippen LogP contribution is -2.17. The highest BCUT2D eigenvalue weighted by Crippen LogP contribution is 2.32. The zero-order valence-electron chi connectivity index (χ0n) is 10.1. The van der Waals surface area contributed by atoms with E-state index in [1.165, 1.54) is 34.0 Å². The number of carbonyl (C=O) groups excluding carboxylic acids is 1. The molecule has 3 heterocycles. The van der Waals surface area contributed by atoms with E-state index < -0.39 is 0 Å². The third-order valence-electron chi connectivity index (χ3n) is 2.28. The molecule has 0 radical (unpaired) electrons. The second-order valence-electron chi connectivity index (χ2n) is 3.65. The number of thiazole rings is 1. The second kappa shape index (κ2) is 5.85. The van der Waals surface area contributed by atoms with Crippen LogP contribution in [-0.4, -0.2) is 25.6 Å². The van der Waals surface area contributed by atoms with Crippen molar-refractivity contribution in [2.24, 2.45) is 0 Å². The number of hydrogen-bond donors (Lipinski definition) is 1. The molecule has 0 saturated heterocycles. The summed E-state index contributed by atoms with van der Waals surface area (Å²) < 4.78 is 2.32. The Morgan fingerprint density at radius 2 is 2.25 bits per heavy atom.